The highest BCUT2D eigenvalue weighted by molar-refractivity contribution is 7.92. The third-order valence-electron chi connectivity index (χ3n) is 4.38. The summed E-state index contributed by atoms with van der Waals surface area (Å²) >= 11 is 0. The maximum Gasteiger partial charge on any atom is 0.252 e. The van der Waals surface area contributed by atoms with E-state index in [0.717, 1.165) is 13.1 Å². The number of amides is 1. The van der Waals surface area contributed by atoms with Crippen LogP contribution in [0.3, 0.4) is 0 Å². The molecule has 0 spiro atoms. The van der Waals surface area contributed by atoms with Gasteiger partial charge in [0, 0.05) is 12.6 Å². The standard InChI is InChI=1S/C17H26N2O3S/c1-13(2)23(21,22)16-9-5-4-8-15(16)17(20)18-12-14(3)19-10-6-7-11-19/h4-5,8-9,13-14H,6-7,10-12H2,1-3H3,(H,18,20)/t14-/m1/s1. The fourth-order valence-corrected chi connectivity index (χ4v) is 4.05. The first-order valence-electron chi connectivity index (χ1n) is 8.19. The van der Waals surface area contributed by atoms with Gasteiger partial charge < -0.3 is 5.32 Å². The summed E-state index contributed by atoms with van der Waals surface area (Å²) in [5, 5.41) is 2.33. The number of carbonyl (C=O) groups excluding carboxylic acids is 1. The van der Waals surface area contributed by atoms with Gasteiger partial charge in [-0.05, 0) is 58.8 Å². The molecular formula is C17H26N2O3S. The van der Waals surface area contributed by atoms with E-state index in [1.54, 1.807) is 32.0 Å². The Balaban J connectivity index is 2.11. The van der Waals surface area contributed by atoms with E-state index in [4.69, 9.17) is 0 Å². The third-order valence-corrected chi connectivity index (χ3v) is 6.59. The summed E-state index contributed by atoms with van der Waals surface area (Å²) in [6, 6.07) is 6.69. The minimum absolute atomic E-state index is 0.112. The molecule has 1 N–H and O–H groups in total. The van der Waals surface area contributed by atoms with Crippen molar-refractivity contribution in [2.45, 2.75) is 49.8 Å². The van der Waals surface area contributed by atoms with E-state index in [9.17, 15) is 13.2 Å². The number of benzene rings is 1. The lowest BCUT2D eigenvalue weighted by Crippen LogP contribution is -2.41. The zero-order chi connectivity index (χ0) is 17.0. The molecule has 0 saturated carbocycles. The van der Waals surface area contributed by atoms with Crippen molar-refractivity contribution in [1.29, 1.82) is 0 Å². The molecule has 0 radical (unpaired) electrons. The number of nitrogens with one attached hydrogen (secondary N) is 1. The monoisotopic (exact) mass is 338 g/mol. The molecular weight excluding hydrogens is 312 g/mol. The van der Waals surface area contributed by atoms with Crippen LogP contribution in [0.5, 0.6) is 0 Å². The molecule has 1 saturated heterocycles. The van der Waals surface area contributed by atoms with Crippen LogP contribution in [0.25, 0.3) is 0 Å². The number of hydrogen-bond acceptors (Lipinski definition) is 4. The maximum absolute atomic E-state index is 12.5. The second-order valence-electron chi connectivity index (χ2n) is 6.39. The molecule has 1 aliphatic heterocycles. The maximum atomic E-state index is 12.5. The quantitative estimate of drug-likeness (QED) is 0.862. The predicted molar refractivity (Wildman–Crippen MR) is 91.4 cm³/mol. The van der Waals surface area contributed by atoms with Crippen molar-refractivity contribution in [3.8, 4) is 0 Å². The van der Waals surface area contributed by atoms with Crippen LogP contribution in [-0.2, 0) is 9.84 Å². The molecule has 1 fully saturated rings. The van der Waals surface area contributed by atoms with Gasteiger partial charge in [0.1, 0.15) is 0 Å². The van der Waals surface area contributed by atoms with Crippen LogP contribution in [-0.4, -0.2) is 50.2 Å². The molecule has 1 amide bonds. The van der Waals surface area contributed by atoms with Crippen LogP contribution >= 0.6 is 0 Å². The summed E-state index contributed by atoms with van der Waals surface area (Å²) in [5.41, 5.74) is 0.231. The van der Waals surface area contributed by atoms with Crippen molar-refractivity contribution in [2.24, 2.45) is 0 Å². The van der Waals surface area contributed by atoms with E-state index < -0.39 is 15.1 Å². The lowest BCUT2D eigenvalue weighted by Gasteiger charge is -2.24. The topological polar surface area (TPSA) is 66.5 Å². The van der Waals surface area contributed by atoms with E-state index in [1.807, 2.05) is 0 Å². The van der Waals surface area contributed by atoms with Gasteiger partial charge in [-0.15, -0.1) is 0 Å². The van der Waals surface area contributed by atoms with E-state index in [0.29, 0.717) is 6.54 Å². The van der Waals surface area contributed by atoms with E-state index in [2.05, 4.69) is 17.1 Å². The van der Waals surface area contributed by atoms with Gasteiger partial charge in [0.25, 0.3) is 5.91 Å². The molecule has 6 heteroatoms. The molecule has 2 rings (SSSR count). The van der Waals surface area contributed by atoms with Gasteiger partial charge in [0.05, 0.1) is 15.7 Å². The van der Waals surface area contributed by atoms with Crippen LogP contribution in [0.2, 0.25) is 0 Å². The van der Waals surface area contributed by atoms with Crippen molar-refractivity contribution in [2.75, 3.05) is 19.6 Å². The number of sulfone groups is 1. The zero-order valence-corrected chi connectivity index (χ0v) is 14.9. The summed E-state index contributed by atoms with van der Waals surface area (Å²) in [6.45, 7) is 7.99. The number of carbonyl (C=O) groups is 1. The van der Waals surface area contributed by atoms with Crippen LogP contribution in [0.1, 0.15) is 44.0 Å². The van der Waals surface area contributed by atoms with Gasteiger partial charge in [0.2, 0.25) is 0 Å². The van der Waals surface area contributed by atoms with Crippen molar-refractivity contribution in [3.05, 3.63) is 29.8 Å². The van der Waals surface area contributed by atoms with Gasteiger partial charge in [-0.1, -0.05) is 12.1 Å². The molecule has 0 bridgehead atoms. The Hall–Kier alpha value is -1.40. The third kappa shape index (κ3) is 4.12. The Morgan fingerprint density at radius 1 is 1.17 bits per heavy atom. The van der Waals surface area contributed by atoms with Crippen molar-refractivity contribution >= 4 is 15.7 Å². The first-order chi connectivity index (χ1) is 10.8. The van der Waals surface area contributed by atoms with Gasteiger partial charge in [-0.25, -0.2) is 8.42 Å². The largest absolute Gasteiger partial charge is 0.350 e. The minimum atomic E-state index is -3.48. The molecule has 1 aromatic rings. The second-order valence-corrected chi connectivity index (χ2v) is 8.86. The van der Waals surface area contributed by atoms with E-state index in [1.165, 1.54) is 18.9 Å². The highest BCUT2D eigenvalue weighted by Gasteiger charge is 2.25. The van der Waals surface area contributed by atoms with Crippen LogP contribution in [0.15, 0.2) is 29.2 Å². The van der Waals surface area contributed by atoms with Gasteiger partial charge in [-0.3, -0.25) is 9.69 Å². The molecule has 5 nitrogen and oxygen atoms in total. The Kier molecular flexibility index (Phi) is 5.81. The summed E-state index contributed by atoms with van der Waals surface area (Å²) < 4.78 is 24.8. The van der Waals surface area contributed by atoms with E-state index in [-0.39, 0.29) is 22.4 Å². The van der Waals surface area contributed by atoms with Gasteiger partial charge >= 0.3 is 0 Å². The average molecular weight is 338 g/mol. The fraction of sp³-hybridized carbons (Fsp3) is 0.588. The minimum Gasteiger partial charge on any atom is -0.350 e. The number of rotatable bonds is 6. The normalized spacial score (nSPS) is 17.4. The highest BCUT2D eigenvalue weighted by Crippen LogP contribution is 2.20. The Labute approximate surface area is 139 Å². The lowest BCUT2D eigenvalue weighted by atomic mass is 10.2. The van der Waals surface area contributed by atoms with Crippen molar-refractivity contribution < 1.29 is 13.2 Å². The molecule has 1 heterocycles. The number of likely N-dealkylation sites (tertiary alicyclic amines) is 1. The molecule has 1 atom stereocenters. The smallest absolute Gasteiger partial charge is 0.252 e. The second kappa shape index (κ2) is 7.45. The summed E-state index contributed by atoms with van der Waals surface area (Å²) in [6.07, 6.45) is 2.40. The molecule has 128 valence electrons. The fourth-order valence-electron chi connectivity index (χ4n) is 2.80. The number of hydrogen-bond donors (Lipinski definition) is 1. The molecule has 23 heavy (non-hydrogen) atoms. The summed E-state index contributed by atoms with van der Waals surface area (Å²) in [5.74, 6) is -0.323. The van der Waals surface area contributed by atoms with Crippen molar-refractivity contribution in [3.63, 3.8) is 0 Å². The highest BCUT2D eigenvalue weighted by atomic mass is 32.2. The average Bonchev–Trinajstić information content (AvgIpc) is 3.06. The molecule has 0 aromatic heterocycles. The first kappa shape index (κ1) is 17.9. The zero-order valence-electron chi connectivity index (χ0n) is 14.1. The van der Waals surface area contributed by atoms with Crippen molar-refractivity contribution in [1.82, 2.24) is 10.2 Å². The predicted octanol–water partition coefficient (Wildman–Crippen LogP) is 2.08. The first-order valence-corrected chi connectivity index (χ1v) is 9.74. The van der Waals surface area contributed by atoms with Crippen LogP contribution in [0, 0.1) is 0 Å². The SMILES string of the molecule is CC(C)S(=O)(=O)c1ccccc1C(=O)NC[C@@H](C)N1CCCC1. The summed E-state index contributed by atoms with van der Waals surface area (Å²) in [4.78, 5) is 14.9. The van der Waals surface area contributed by atoms with Crippen LogP contribution in [0.4, 0.5) is 0 Å². The molecule has 0 unspecified atom stereocenters. The summed E-state index contributed by atoms with van der Waals surface area (Å²) in [7, 11) is -3.48. The Morgan fingerprint density at radius 2 is 1.78 bits per heavy atom. The number of nitrogens with zero attached hydrogens (tertiary/aromatic N) is 1. The van der Waals surface area contributed by atoms with Gasteiger partial charge in [0.15, 0.2) is 9.84 Å². The Morgan fingerprint density at radius 3 is 2.39 bits per heavy atom. The van der Waals surface area contributed by atoms with Gasteiger partial charge in [-0.2, -0.15) is 0 Å². The lowest BCUT2D eigenvalue weighted by molar-refractivity contribution is 0.0937. The van der Waals surface area contributed by atoms with Crippen LogP contribution < -0.4 is 5.32 Å². The molecule has 1 aromatic carbocycles. The molecule has 0 aliphatic carbocycles. The Bertz CT molecular complexity index is 650. The molecule has 1 aliphatic rings. The van der Waals surface area contributed by atoms with E-state index >= 15 is 0 Å².